The zero-order valence-corrected chi connectivity index (χ0v) is 10.1. The molecule has 5 heteroatoms. The van der Waals surface area contributed by atoms with Crippen LogP contribution in [0.25, 0.3) is 0 Å². The van der Waals surface area contributed by atoms with Crippen molar-refractivity contribution in [2.24, 2.45) is 11.7 Å². The molecule has 2 unspecified atom stereocenters. The third-order valence-corrected chi connectivity index (χ3v) is 3.40. The van der Waals surface area contributed by atoms with E-state index in [0.29, 0.717) is 12.5 Å². The van der Waals surface area contributed by atoms with Crippen molar-refractivity contribution in [1.82, 2.24) is 0 Å². The molecule has 1 heterocycles. The summed E-state index contributed by atoms with van der Waals surface area (Å²) in [7, 11) is 0. The molecule has 0 spiro atoms. The SMILES string of the molecule is Cc1cccc([N+](=O)[O-])c1N1CC(C)C(N)C1. The molecule has 1 saturated heterocycles. The van der Waals surface area contributed by atoms with E-state index in [4.69, 9.17) is 5.73 Å². The van der Waals surface area contributed by atoms with Crippen molar-refractivity contribution < 1.29 is 4.92 Å². The van der Waals surface area contributed by atoms with Crippen LogP contribution in [-0.2, 0) is 0 Å². The minimum absolute atomic E-state index is 0.0919. The number of para-hydroxylation sites is 1. The average molecular weight is 235 g/mol. The zero-order valence-electron chi connectivity index (χ0n) is 10.1. The van der Waals surface area contributed by atoms with E-state index >= 15 is 0 Å². The van der Waals surface area contributed by atoms with Crippen molar-refractivity contribution in [3.63, 3.8) is 0 Å². The van der Waals surface area contributed by atoms with E-state index in [1.54, 1.807) is 12.1 Å². The molecule has 1 aliphatic rings. The number of hydrogen-bond acceptors (Lipinski definition) is 4. The van der Waals surface area contributed by atoms with E-state index < -0.39 is 0 Å². The largest absolute Gasteiger partial charge is 0.364 e. The number of anilines is 1. The van der Waals surface area contributed by atoms with Gasteiger partial charge in [-0.15, -0.1) is 0 Å². The summed E-state index contributed by atoms with van der Waals surface area (Å²) in [4.78, 5) is 12.7. The maximum absolute atomic E-state index is 11.0. The highest BCUT2D eigenvalue weighted by Crippen LogP contribution is 2.34. The van der Waals surface area contributed by atoms with Crippen molar-refractivity contribution in [1.29, 1.82) is 0 Å². The van der Waals surface area contributed by atoms with Gasteiger partial charge in [0.2, 0.25) is 0 Å². The second kappa shape index (κ2) is 4.33. The first-order valence-corrected chi connectivity index (χ1v) is 5.75. The fourth-order valence-electron chi connectivity index (χ4n) is 2.38. The Morgan fingerprint density at radius 2 is 2.18 bits per heavy atom. The van der Waals surface area contributed by atoms with Gasteiger partial charge < -0.3 is 10.6 Å². The number of nitrogens with zero attached hydrogens (tertiary/aromatic N) is 2. The first-order chi connectivity index (χ1) is 8.00. The number of hydrogen-bond donors (Lipinski definition) is 1. The molecule has 2 rings (SSSR count). The van der Waals surface area contributed by atoms with Gasteiger partial charge in [-0.3, -0.25) is 10.1 Å². The lowest BCUT2D eigenvalue weighted by Crippen LogP contribution is -2.28. The standard InChI is InChI=1S/C12H17N3O2/c1-8-4-3-5-11(15(16)17)12(8)14-6-9(2)10(13)7-14/h3-5,9-10H,6-7,13H2,1-2H3. The smallest absolute Gasteiger partial charge is 0.292 e. The normalized spacial score (nSPS) is 24.1. The second-order valence-electron chi connectivity index (χ2n) is 4.75. The van der Waals surface area contributed by atoms with Gasteiger partial charge in [0.1, 0.15) is 5.69 Å². The van der Waals surface area contributed by atoms with Crippen LogP contribution in [0.4, 0.5) is 11.4 Å². The molecule has 1 aromatic carbocycles. The minimum atomic E-state index is -0.323. The van der Waals surface area contributed by atoms with Crippen LogP contribution in [-0.4, -0.2) is 24.1 Å². The van der Waals surface area contributed by atoms with Crippen molar-refractivity contribution >= 4 is 11.4 Å². The van der Waals surface area contributed by atoms with Gasteiger partial charge in [0.05, 0.1) is 4.92 Å². The van der Waals surface area contributed by atoms with Crippen LogP contribution < -0.4 is 10.6 Å². The van der Waals surface area contributed by atoms with Gasteiger partial charge in [-0.25, -0.2) is 0 Å². The van der Waals surface area contributed by atoms with Gasteiger partial charge in [0.25, 0.3) is 5.69 Å². The second-order valence-corrected chi connectivity index (χ2v) is 4.75. The Morgan fingerprint density at radius 1 is 1.47 bits per heavy atom. The number of nitro groups is 1. The minimum Gasteiger partial charge on any atom is -0.364 e. The van der Waals surface area contributed by atoms with Gasteiger partial charge in [-0.05, 0) is 18.4 Å². The molecule has 0 saturated carbocycles. The first-order valence-electron chi connectivity index (χ1n) is 5.75. The summed E-state index contributed by atoms with van der Waals surface area (Å²) < 4.78 is 0. The first kappa shape index (κ1) is 11.9. The van der Waals surface area contributed by atoms with Gasteiger partial charge in [-0.2, -0.15) is 0 Å². The lowest BCUT2D eigenvalue weighted by Gasteiger charge is -2.20. The molecule has 1 aliphatic heterocycles. The van der Waals surface area contributed by atoms with E-state index in [2.05, 4.69) is 6.92 Å². The zero-order chi connectivity index (χ0) is 12.6. The van der Waals surface area contributed by atoms with E-state index in [1.165, 1.54) is 0 Å². The van der Waals surface area contributed by atoms with Gasteiger partial charge >= 0.3 is 0 Å². The lowest BCUT2D eigenvalue weighted by atomic mass is 10.1. The molecule has 0 aliphatic carbocycles. The summed E-state index contributed by atoms with van der Waals surface area (Å²) in [6, 6.07) is 5.26. The van der Waals surface area contributed by atoms with E-state index in [9.17, 15) is 10.1 Å². The van der Waals surface area contributed by atoms with Gasteiger partial charge in [0, 0.05) is 25.2 Å². The van der Waals surface area contributed by atoms with Crippen molar-refractivity contribution in [2.45, 2.75) is 19.9 Å². The summed E-state index contributed by atoms with van der Waals surface area (Å²) in [6.07, 6.45) is 0. The molecule has 2 N–H and O–H groups in total. The Morgan fingerprint density at radius 3 is 2.71 bits per heavy atom. The van der Waals surface area contributed by atoms with Crippen molar-refractivity contribution in [3.8, 4) is 0 Å². The fraction of sp³-hybridized carbons (Fsp3) is 0.500. The summed E-state index contributed by atoms with van der Waals surface area (Å²) in [6.45, 7) is 5.45. The predicted octanol–water partition coefficient (Wildman–Crippen LogP) is 1.69. The summed E-state index contributed by atoms with van der Waals surface area (Å²) in [5, 5.41) is 11.0. The molecule has 1 fully saturated rings. The monoisotopic (exact) mass is 235 g/mol. The highest BCUT2D eigenvalue weighted by molar-refractivity contribution is 5.68. The van der Waals surface area contributed by atoms with Crippen LogP contribution in [0.2, 0.25) is 0 Å². The Balaban J connectivity index is 2.41. The van der Waals surface area contributed by atoms with E-state index in [0.717, 1.165) is 17.8 Å². The third-order valence-electron chi connectivity index (χ3n) is 3.40. The summed E-state index contributed by atoms with van der Waals surface area (Å²) in [5.41, 5.74) is 7.79. The Labute approximate surface area is 100 Å². The highest BCUT2D eigenvalue weighted by Gasteiger charge is 2.31. The molecule has 92 valence electrons. The van der Waals surface area contributed by atoms with Crippen LogP contribution >= 0.6 is 0 Å². The number of rotatable bonds is 2. The average Bonchev–Trinajstić information content (AvgIpc) is 2.58. The van der Waals surface area contributed by atoms with Crippen LogP contribution in [0, 0.1) is 23.0 Å². The topological polar surface area (TPSA) is 72.4 Å². The lowest BCUT2D eigenvalue weighted by molar-refractivity contribution is -0.384. The molecular weight excluding hydrogens is 218 g/mol. The summed E-state index contributed by atoms with van der Waals surface area (Å²) in [5.74, 6) is 0.370. The Hall–Kier alpha value is -1.62. The molecule has 0 bridgehead atoms. The van der Waals surface area contributed by atoms with Crippen LogP contribution in [0.15, 0.2) is 18.2 Å². The molecule has 0 aromatic heterocycles. The van der Waals surface area contributed by atoms with Crippen LogP contribution in [0.1, 0.15) is 12.5 Å². The van der Waals surface area contributed by atoms with E-state index in [1.807, 2.05) is 17.9 Å². The maximum Gasteiger partial charge on any atom is 0.292 e. The fourth-order valence-corrected chi connectivity index (χ4v) is 2.38. The molecule has 0 amide bonds. The van der Waals surface area contributed by atoms with E-state index in [-0.39, 0.29) is 16.7 Å². The van der Waals surface area contributed by atoms with Gasteiger partial charge in [0.15, 0.2) is 0 Å². The molecule has 5 nitrogen and oxygen atoms in total. The van der Waals surface area contributed by atoms with Gasteiger partial charge in [-0.1, -0.05) is 19.1 Å². The molecule has 17 heavy (non-hydrogen) atoms. The third kappa shape index (κ3) is 2.10. The van der Waals surface area contributed by atoms with Crippen molar-refractivity contribution in [2.75, 3.05) is 18.0 Å². The van der Waals surface area contributed by atoms with Crippen LogP contribution in [0.5, 0.6) is 0 Å². The highest BCUT2D eigenvalue weighted by atomic mass is 16.6. The molecule has 0 radical (unpaired) electrons. The molecular formula is C12H17N3O2. The molecule has 1 aromatic rings. The number of nitro benzene ring substituents is 1. The number of aryl methyl sites for hydroxylation is 1. The maximum atomic E-state index is 11.0. The predicted molar refractivity (Wildman–Crippen MR) is 67.2 cm³/mol. The Bertz CT molecular complexity index is 437. The van der Waals surface area contributed by atoms with Crippen LogP contribution in [0.3, 0.4) is 0 Å². The summed E-state index contributed by atoms with van der Waals surface area (Å²) >= 11 is 0. The quantitative estimate of drug-likeness (QED) is 0.625. The molecule has 2 atom stereocenters. The number of nitrogens with two attached hydrogens (primary N) is 1. The van der Waals surface area contributed by atoms with Crippen molar-refractivity contribution in [3.05, 3.63) is 33.9 Å². The number of benzene rings is 1. The Kier molecular flexibility index (Phi) is 3.02.